The molecule has 0 heterocycles. The van der Waals surface area contributed by atoms with Gasteiger partial charge in [-0.15, -0.1) is 0 Å². The largest absolute Gasteiger partial charge is 0.504 e. The number of ether oxygens (including phenoxy) is 2. The van der Waals surface area contributed by atoms with Gasteiger partial charge in [-0.25, -0.2) is 8.78 Å². The number of phenols is 1. The first-order valence-electron chi connectivity index (χ1n) is 24.3. The van der Waals surface area contributed by atoms with E-state index < -0.39 is 29.0 Å². The van der Waals surface area contributed by atoms with Crippen LogP contribution in [-0.2, 0) is 27.3 Å². The van der Waals surface area contributed by atoms with E-state index in [1.54, 1.807) is 0 Å². The lowest BCUT2D eigenvalue weighted by molar-refractivity contribution is 0.0359. The fourth-order valence-electron chi connectivity index (χ4n) is 8.47. The predicted octanol–water partition coefficient (Wildman–Crippen LogP) is 15.7. The van der Waals surface area contributed by atoms with Crippen LogP contribution in [0, 0.1) is 17.6 Å². The van der Waals surface area contributed by atoms with Crippen LogP contribution in [-0.4, -0.2) is 35.7 Å². The van der Waals surface area contributed by atoms with Crippen LogP contribution in [0.4, 0.5) is 8.78 Å². The fourth-order valence-corrected chi connectivity index (χ4v) is 8.47. The van der Waals surface area contributed by atoms with Crippen molar-refractivity contribution in [1.82, 2.24) is 0 Å². The molecule has 0 fully saturated rings. The summed E-state index contributed by atoms with van der Waals surface area (Å²) < 4.78 is 43.0. The fraction of sp³-hybridized carbons (Fsp3) is 0.661. The second-order valence-corrected chi connectivity index (χ2v) is 22.6. The Balaban J connectivity index is 2.50. The molecule has 0 saturated heterocycles. The van der Waals surface area contributed by atoms with Gasteiger partial charge in [0.15, 0.2) is 11.6 Å². The average molecular weight is 876 g/mol. The molecule has 1 unspecified atom stereocenters. The number of nitrogens with zero attached hydrogens (tertiary/aromatic N) is 1. The van der Waals surface area contributed by atoms with Gasteiger partial charge >= 0.3 is 0 Å². The first kappa shape index (κ1) is 53.9. The highest BCUT2D eigenvalue weighted by Crippen LogP contribution is 2.50. The minimum atomic E-state index is -1.79. The molecular weight excluding hydrogens is 789 g/mol. The van der Waals surface area contributed by atoms with Gasteiger partial charge in [0.2, 0.25) is 0 Å². The van der Waals surface area contributed by atoms with Crippen LogP contribution in [0.5, 0.6) is 17.2 Å². The van der Waals surface area contributed by atoms with Gasteiger partial charge in [-0.1, -0.05) is 175 Å². The van der Waals surface area contributed by atoms with E-state index >= 15 is 0 Å². The Kier molecular flexibility index (Phi) is 19.4. The predicted molar refractivity (Wildman–Crippen MR) is 263 cm³/mol. The third-order valence-electron chi connectivity index (χ3n) is 12.3. The molecule has 0 radical (unpaired) electrons. The van der Waals surface area contributed by atoms with Crippen molar-refractivity contribution in [2.24, 2.45) is 10.9 Å². The number of aliphatic hydroxyl groups is 1. The molecule has 7 heteroatoms. The van der Waals surface area contributed by atoms with E-state index in [0.717, 1.165) is 65.5 Å². The van der Waals surface area contributed by atoms with Gasteiger partial charge in [0, 0.05) is 40.1 Å². The summed E-state index contributed by atoms with van der Waals surface area (Å²) in [5.41, 5.74) is 1.82. The second kappa shape index (κ2) is 22.6. The molecule has 0 amide bonds. The Bertz CT molecular complexity index is 1770. The average Bonchev–Trinajstić information content (AvgIpc) is 3.16. The minimum absolute atomic E-state index is 0.103. The Morgan fingerprint density at radius 2 is 0.905 bits per heavy atom. The van der Waals surface area contributed by atoms with Crippen LogP contribution >= 0.6 is 0 Å². The molecule has 1 atom stereocenters. The monoisotopic (exact) mass is 876 g/mol. The summed E-state index contributed by atoms with van der Waals surface area (Å²) in [6, 6.07) is 9.25. The molecule has 0 saturated carbocycles. The van der Waals surface area contributed by atoms with Crippen molar-refractivity contribution in [2.45, 2.75) is 221 Å². The minimum Gasteiger partial charge on any atom is -0.504 e. The Morgan fingerprint density at radius 1 is 0.556 bits per heavy atom. The molecular formula is C56H87F2NO4. The number of hydrogen-bond donors (Lipinski definition) is 2. The number of phenolic OH excluding ortho intramolecular Hbond substituents is 1. The smallest absolute Gasteiger partial charge is 0.168 e. The molecule has 3 aromatic carbocycles. The first-order chi connectivity index (χ1) is 29.2. The number of halogens is 2. The number of hydrogen-bond acceptors (Lipinski definition) is 5. The zero-order valence-electron chi connectivity index (χ0n) is 42.5. The van der Waals surface area contributed by atoms with Gasteiger partial charge in [0.25, 0.3) is 0 Å². The topological polar surface area (TPSA) is 71.3 Å². The summed E-state index contributed by atoms with van der Waals surface area (Å²) in [7, 11) is 0. The lowest BCUT2D eigenvalue weighted by Gasteiger charge is -2.41. The van der Waals surface area contributed by atoms with Gasteiger partial charge in [0.1, 0.15) is 22.9 Å². The van der Waals surface area contributed by atoms with Gasteiger partial charge in [-0.2, -0.15) is 0 Å². The third-order valence-corrected chi connectivity index (χ3v) is 12.3. The number of aromatic hydroxyl groups is 1. The van der Waals surface area contributed by atoms with Crippen molar-refractivity contribution in [3.8, 4) is 17.2 Å². The Labute approximate surface area is 382 Å². The third kappa shape index (κ3) is 14.5. The van der Waals surface area contributed by atoms with E-state index in [4.69, 9.17) is 14.5 Å². The van der Waals surface area contributed by atoms with Crippen molar-refractivity contribution < 1.29 is 28.5 Å². The summed E-state index contributed by atoms with van der Waals surface area (Å²) in [4.78, 5) is 5.03. The van der Waals surface area contributed by atoms with Crippen LogP contribution in [0.2, 0.25) is 0 Å². The van der Waals surface area contributed by atoms with E-state index in [1.165, 1.54) is 57.6 Å². The second-order valence-electron chi connectivity index (χ2n) is 22.6. The lowest BCUT2D eigenvalue weighted by atomic mass is 9.69. The molecule has 354 valence electrons. The van der Waals surface area contributed by atoms with Gasteiger partial charge in [-0.05, 0) is 81.9 Å². The maximum atomic E-state index is 14.7. The highest BCUT2D eigenvalue weighted by atomic mass is 19.1. The van der Waals surface area contributed by atoms with Crippen LogP contribution in [0.15, 0.2) is 41.4 Å². The molecule has 3 aromatic rings. The maximum absolute atomic E-state index is 14.7. The SMILES string of the molecule is CCCCCCCCOc1c(C(C)(C)C)cc(C(O)(c2cc(C(C)(C)C)c(OCCCCCCCC)c(C(C)(C)C)c2)C(N=Cc2cc(F)cc(F)c2O)C(C)C)cc1C(C)(C)C. The Hall–Kier alpha value is -3.45. The molecule has 2 N–H and O–H groups in total. The van der Waals surface area contributed by atoms with Crippen LogP contribution < -0.4 is 9.47 Å². The summed E-state index contributed by atoms with van der Waals surface area (Å²) in [6.45, 7) is 35.8. The summed E-state index contributed by atoms with van der Waals surface area (Å²) in [5.74, 6) is -1.18. The lowest BCUT2D eigenvalue weighted by Crippen LogP contribution is -2.44. The number of benzene rings is 3. The van der Waals surface area contributed by atoms with E-state index in [2.05, 4.69) is 121 Å². The Morgan fingerprint density at radius 3 is 1.24 bits per heavy atom. The van der Waals surface area contributed by atoms with Gasteiger partial charge < -0.3 is 19.7 Å². The summed E-state index contributed by atoms with van der Waals surface area (Å²) in [6.07, 6.45) is 15.2. The normalized spacial score (nSPS) is 13.7. The quantitative estimate of drug-likeness (QED) is 0.0779. The standard InChI is InChI=1S/C56H87F2NO4/c1-17-19-21-23-25-27-29-62-49-43(52(5,6)7)32-40(33-44(49)53(8,9)10)56(61,51(38(3)4)59-37-39-31-42(57)36-47(58)48(39)60)41-34-45(54(11,12)13)50(46(35-41)55(14,15)16)63-30-28-26-24-22-20-18-2/h31-38,51,60-61H,17-30H2,1-16H3. The molecule has 5 nitrogen and oxygen atoms in total. The summed E-state index contributed by atoms with van der Waals surface area (Å²) >= 11 is 0. The van der Waals surface area contributed by atoms with Crippen molar-refractivity contribution in [1.29, 1.82) is 0 Å². The van der Waals surface area contributed by atoms with Crippen molar-refractivity contribution >= 4 is 6.21 Å². The molecule has 3 rings (SSSR count). The molecule has 0 aliphatic heterocycles. The van der Waals surface area contributed by atoms with Crippen LogP contribution in [0.3, 0.4) is 0 Å². The van der Waals surface area contributed by atoms with Gasteiger partial charge in [0.05, 0.1) is 19.3 Å². The number of aliphatic imine (C=N–C) groups is 1. The maximum Gasteiger partial charge on any atom is 0.168 e. The highest BCUT2D eigenvalue weighted by molar-refractivity contribution is 5.83. The molecule has 0 aliphatic carbocycles. The highest BCUT2D eigenvalue weighted by Gasteiger charge is 2.46. The van der Waals surface area contributed by atoms with E-state index in [-0.39, 0.29) is 33.1 Å². The van der Waals surface area contributed by atoms with Crippen molar-refractivity contribution in [3.63, 3.8) is 0 Å². The summed E-state index contributed by atoms with van der Waals surface area (Å²) in [5, 5.41) is 24.9. The van der Waals surface area contributed by atoms with E-state index in [9.17, 15) is 19.0 Å². The first-order valence-corrected chi connectivity index (χ1v) is 24.3. The van der Waals surface area contributed by atoms with E-state index in [1.807, 2.05) is 13.8 Å². The zero-order valence-corrected chi connectivity index (χ0v) is 42.5. The number of unbranched alkanes of at least 4 members (excludes halogenated alkanes) is 10. The molecule has 0 spiro atoms. The van der Waals surface area contributed by atoms with E-state index in [0.29, 0.717) is 30.4 Å². The van der Waals surface area contributed by atoms with Crippen molar-refractivity contribution in [3.05, 3.63) is 87.0 Å². The van der Waals surface area contributed by atoms with Gasteiger partial charge in [-0.3, -0.25) is 4.99 Å². The molecule has 0 aliphatic rings. The molecule has 63 heavy (non-hydrogen) atoms. The zero-order chi connectivity index (χ0) is 47.6. The molecule has 0 bridgehead atoms. The molecule has 0 aromatic heterocycles. The number of rotatable bonds is 22. The van der Waals surface area contributed by atoms with Crippen LogP contribution in [0.1, 0.15) is 227 Å². The van der Waals surface area contributed by atoms with Crippen molar-refractivity contribution in [2.75, 3.05) is 13.2 Å². The van der Waals surface area contributed by atoms with Crippen LogP contribution in [0.25, 0.3) is 0 Å².